The molecule has 3 nitrogen and oxygen atoms in total. The van der Waals surface area contributed by atoms with Crippen molar-refractivity contribution in [3.8, 4) is 0 Å². The number of halogens is 1. The quantitative estimate of drug-likeness (QED) is 0.784. The molecule has 0 unspecified atom stereocenters. The summed E-state index contributed by atoms with van der Waals surface area (Å²) in [6.45, 7) is 0.524. The molecule has 0 heterocycles. The number of rotatable bonds is 5. The van der Waals surface area contributed by atoms with Gasteiger partial charge >= 0.3 is 0 Å². The molecule has 1 rings (SSSR count). The Morgan fingerprint density at radius 2 is 2.13 bits per heavy atom. The van der Waals surface area contributed by atoms with Gasteiger partial charge in [0.1, 0.15) is 15.7 Å². The second-order valence-corrected chi connectivity index (χ2v) is 5.68. The first-order valence-corrected chi connectivity index (χ1v) is 6.70. The summed E-state index contributed by atoms with van der Waals surface area (Å²) in [5, 5.41) is 2.95. The van der Waals surface area contributed by atoms with E-state index in [1.807, 2.05) is 0 Å². The summed E-state index contributed by atoms with van der Waals surface area (Å²) in [6, 6.07) is 6.08. The molecule has 1 N–H and O–H groups in total. The minimum absolute atomic E-state index is 0.148. The van der Waals surface area contributed by atoms with Gasteiger partial charge in [-0.15, -0.1) is 0 Å². The lowest BCUT2D eigenvalue weighted by Gasteiger charge is -2.05. The van der Waals surface area contributed by atoms with Crippen molar-refractivity contribution in [3.63, 3.8) is 0 Å². The van der Waals surface area contributed by atoms with Crippen LogP contribution in [0.1, 0.15) is 6.42 Å². The molecule has 0 radical (unpaired) electrons. The summed E-state index contributed by atoms with van der Waals surface area (Å²) in [4.78, 5) is 0. The second kappa shape index (κ2) is 5.11. The van der Waals surface area contributed by atoms with Crippen molar-refractivity contribution in [2.75, 3.05) is 23.9 Å². The molecule has 0 aliphatic carbocycles. The predicted molar refractivity (Wildman–Crippen MR) is 59.2 cm³/mol. The molecule has 0 saturated carbocycles. The SMILES string of the molecule is CS(=O)(=O)CCCNc1cccc(F)c1. The standard InChI is InChI=1S/C10H14FNO2S/c1-15(13,14)7-3-6-12-10-5-2-4-9(11)8-10/h2,4-5,8,12H,3,6-7H2,1H3. The normalized spacial score (nSPS) is 11.3. The summed E-state index contributed by atoms with van der Waals surface area (Å²) < 4.78 is 34.3. The van der Waals surface area contributed by atoms with E-state index in [0.717, 1.165) is 0 Å². The Balaban J connectivity index is 2.32. The van der Waals surface area contributed by atoms with E-state index in [-0.39, 0.29) is 11.6 Å². The number of anilines is 1. The molecular formula is C10H14FNO2S. The van der Waals surface area contributed by atoms with Crippen LogP contribution in [-0.4, -0.2) is 27.0 Å². The maximum absolute atomic E-state index is 12.7. The van der Waals surface area contributed by atoms with Crippen LogP contribution < -0.4 is 5.32 Å². The number of benzene rings is 1. The van der Waals surface area contributed by atoms with E-state index >= 15 is 0 Å². The first kappa shape index (κ1) is 12.0. The second-order valence-electron chi connectivity index (χ2n) is 3.42. The average Bonchev–Trinajstić information content (AvgIpc) is 2.11. The summed E-state index contributed by atoms with van der Waals surface area (Å²) in [7, 11) is -2.90. The zero-order valence-electron chi connectivity index (χ0n) is 8.53. The minimum Gasteiger partial charge on any atom is -0.385 e. The molecule has 0 amide bonds. The highest BCUT2D eigenvalue weighted by atomic mass is 32.2. The maximum atomic E-state index is 12.7. The van der Waals surface area contributed by atoms with Gasteiger partial charge < -0.3 is 5.32 Å². The Morgan fingerprint density at radius 1 is 1.40 bits per heavy atom. The molecule has 1 aromatic rings. The van der Waals surface area contributed by atoms with Crippen molar-refractivity contribution in [2.45, 2.75) is 6.42 Å². The van der Waals surface area contributed by atoms with Crippen molar-refractivity contribution in [3.05, 3.63) is 30.1 Å². The van der Waals surface area contributed by atoms with Crippen LogP contribution in [0.3, 0.4) is 0 Å². The molecule has 0 bridgehead atoms. The van der Waals surface area contributed by atoms with Crippen molar-refractivity contribution < 1.29 is 12.8 Å². The lowest BCUT2D eigenvalue weighted by atomic mass is 10.3. The van der Waals surface area contributed by atoms with Crippen molar-refractivity contribution in [1.29, 1.82) is 0 Å². The van der Waals surface area contributed by atoms with E-state index in [2.05, 4.69) is 5.32 Å². The lowest BCUT2D eigenvalue weighted by molar-refractivity contribution is 0.600. The Kier molecular flexibility index (Phi) is 4.08. The van der Waals surface area contributed by atoms with Gasteiger partial charge in [0.15, 0.2) is 0 Å². The number of hydrogen-bond acceptors (Lipinski definition) is 3. The van der Waals surface area contributed by atoms with Crippen LogP contribution in [0.4, 0.5) is 10.1 Å². The molecule has 1 aromatic carbocycles. The molecule has 5 heteroatoms. The van der Waals surface area contributed by atoms with Crippen molar-refractivity contribution >= 4 is 15.5 Å². The number of sulfone groups is 1. The van der Waals surface area contributed by atoms with Gasteiger partial charge in [0.2, 0.25) is 0 Å². The highest BCUT2D eigenvalue weighted by Crippen LogP contribution is 2.08. The molecule has 0 aliphatic heterocycles. The Bertz CT molecular complexity index is 417. The van der Waals surface area contributed by atoms with Gasteiger partial charge in [-0.1, -0.05) is 6.07 Å². The first-order valence-electron chi connectivity index (χ1n) is 4.64. The zero-order chi connectivity index (χ0) is 11.3. The molecule has 0 spiro atoms. The predicted octanol–water partition coefficient (Wildman–Crippen LogP) is 1.67. The minimum atomic E-state index is -2.90. The monoisotopic (exact) mass is 231 g/mol. The lowest BCUT2D eigenvalue weighted by Crippen LogP contribution is -2.09. The van der Waals surface area contributed by atoms with Gasteiger partial charge in [0.05, 0.1) is 5.75 Å². The number of nitrogens with one attached hydrogen (secondary N) is 1. The van der Waals surface area contributed by atoms with E-state index in [1.54, 1.807) is 12.1 Å². The largest absolute Gasteiger partial charge is 0.385 e. The summed E-state index contributed by atoms with van der Waals surface area (Å²) in [5.74, 6) is -0.155. The zero-order valence-corrected chi connectivity index (χ0v) is 9.35. The Morgan fingerprint density at radius 3 is 2.73 bits per heavy atom. The summed E-state index contributed by atoms with van der Waals surface area (Å²) in [5.41, 5.74) is 0.670. The van der Waals surface area contributed by atoms with E-state index < -0.39 is 9.84 Å². The molecule has 0 aromatic heterocycles. The van der Waals surface area contributed by atoms with E-state index in [9.17, 15) is 12.8 Å². The maximum Gasteiger partial charge on any atom is 0.147 e. The van der Waals surface area contributed by atoms with Gasteiger partial charge in [-0.25, -0.2) is 12.8 Å². The van der Waals surface area contributed by atoms with E-state index in [1.165, 1.54) is 18.4 Å². The van der Waals surface area contributed by atoms with Gasteiger partial charge in [0.25, 0.3) is 0 Å². The molecule has 0 aliphatic rings. The van der Waals surface area contributed by atoms with Crippen LogP contribution in [0.2, 0.25) is 0 Å². The molecular weight excluding hydrogens is 217 g/mol. The van der Waals surface area contributed by atoms with E-state index in [0.29, 0.717) is 18.7 Å². The third kappa shape index (κ3) is 5.37. The fourth-order valence-corrected chi connectivity index (χ4v) is 1.83. The smallest absolute Gasteiger partial charge is 0.147 e. The molecule has 0 fully saturated rings. The molecule has 0 atom stereocenters. The van der Waals surface area contributed by atoms with Crippen LogP contribution in [0.5, 0.6) is 0 Å². The number of hydrogen-bond donors (Lipinski definition) is 1. The molecule has 15 heavy (non-hydrogen) atoms. The summed E-state index contributed by atoms with van der Waals surface area (Å²) in [6.07, 6.45) is 1.73. The van der Waals surface area contributed by atoms with Crippen LogP contribution in [0.15, 0.2) is 24.3 Å². The first-order chi connectivity index (χ1) is 6.97. The van der Waals surface area contributed by atoms with Crippen LogP contribution in [-0.2, 0) is 9.84 Å². The van der Waals surface area contributed by atoms with Crippen molar-refractivity contribution in [1.82, 2.24) is 0 Å². The van der Waals surface area contributed by atoms with Gasteiger partial charge in [0, 0.05) is 18.5 Å². The van der Waals surface area contributed by atoms with Gasteiger partial charge in [-0.2, -0.15) is 0 Å². The highest BCUT2D eigenvalue weighted by Gasteiger charge is 2.01. The topological polar surface area (TPSA) is 46.2 Å². The third-order valence-corrected chi connectivity index (χ3v) is 2.88. The van der Waals surface area contributed by atoms with Gasteiger partial charge in [-0.3, -0.25) is 0 Å². The van der Waals surface area contributed by atoms with Crippen molar-refractivity contribution in [2.24, 2.45) is 0 Å². The molecule has 0 saturated heterocycles. The molecule has 84 valence electrons. The Labute approximate surface area is 89.2 Å². The summed E-state index contributed by atoms with van der Waals surface area (Å²) >= 11 is 0. The van der Waals surface area contributed by atoms with Gasteiger partial charge in [-0.05, 0) is 24.6 Å². The average molecular weight is 231 g/mol. The van der Waals surface area contributed by atoms with E-state index in [4.69, 9.17) is 0 Å². The van der Waals surface area contributed by atoms with Crippen LogP contribution >= 0.6 is 0 Å². The van der Waals surface area contributed by atoms with Crippen LogP contribution in [0.25, 0.3) is 0 Å². The third-order valence-electron chi connectivity index (χ3n) is 1.85. The van der Waals surface area contributed by atoms with Crippen LogP contribution in [0, 0.1) is 5.82 Å². The highest BCUT2D eigenvalue weighted by molar-refractivity contribution is 7.90. The Hall–Kier alpha value is -1.10. The fraction of sp³-hybridized carbons (Fsp3) is 0.400. The fourth-order valence-electron chi connectivity index (χ4n) is 1.17.